The molecule has 6 nitrogen and oxygen atoms in total. The second kappa shape index (κ2) is 6.10. The number of pyridine rings is 1. The molecule has 0 spiro atoms. The highest BCUT2D eigenvalue weighted by atomic mass is 16.5. The van der Waals surface area contributed by atoms with Gasteiger partial charge in [0.15, 0.2) is 0 Å². The Labute approximate surface area is 112 Å². The summed E-state index contributed by atoms with van der Waals surface area (Å²) in [6.07, 6.45) is 1.55. The summed E-state index contributed by atoms with van der Waals surface area (Å²) in [6, 6.07) is 4.05. The van der Waals surface area contributed by atoms with Gasteiger partial charge in [0.1, 0.15) is 11.5 Å². The maximum atomic E-state index is 9.17. The van der Waals surface area contributed by atoms with Crippen molar-refractivity contribution in [2.24, 2.45) is 5.73 Å². The maximum absolute atomic E-state index is 9.17. The molecule has 0 bridgehead atoms. The molecule has 4 N–H and O–H groups in total. The van der Waals surface area contributed by atoms with Gasteiger partial charge in [0.2, 0.25) is 0 Å². The number of hydrogen-bond donors (Lipinski definition) is 3. The summed E-state index contributed by atoms with van der Waals surface area (Å²) in [5.41, 5.74) is 7.00. The van der Waals surface area contributed by atoms with E-state index in [2.05, 4.69) is 16.8 Å². The summed E-state index contributed by atoms with van der Waals surface area (Å²) in [6.45, 7) is 4.20. The highest BCUT2D eigenvalue weighted by Gasteiger charge is 2.25. The molecule has 1 aromatic heterocycles. The van der Waals surface area contributed by atoms with Crippen molar-refractivity contribution in [3.05, 3.63) is 29.6 Å². The standard InChI is InChI=1S/C13H20N4O2/c1-9-8-19-11(7-18)6-17(9)5-10-2-3-16-12(4-10)13(14)15/h2-4,9,11,18H,5-8H2,1H3,(H3,14,15). The average molecular weight is 264 g/mol. The third kappa shape index (κ3) is 3.50. The van der Waals surface area contributed by atoms with Gasteiger partial charge in [-0.2, -0.15) is 0 Å². The van der Waals surface area contributed by atoms with Crippen molar-refractivity contribution in [3.8, 4) is 0 Å². The number of hydrogen-bond acceptors (Lipinski definition) is 5. The second-order valence-corrected chi connectivity index (χ2v) is 4.88. The molecule has 1 aliphatic heterocycles. The Morgan fingerprint density at radius 2 is 2.47 bits per heavy atom. The minimum Gasteiger partial charge on any atom is -0.394 e. The number of morpholine rings is 1. The van der Waals surface area contributed by atoms with Crippen molar-refractivity contribution in [2.45, 2.75) is 25.6 Å². The summed E-state index contributed by atoms with van der Waals surface area (Å²) in [5.74, 6) is -0.0230. The van der Waals surface area contributed by atoms with Crippen LogP contribution < -0.4 is 5.73 Å². The van der Waals surface area contributed by atoms with Crippen molar-refractivity contribution in [3.63, 3.8) is 0 Å². The molecule has 2 atom stereocenters. The van der Waals surface area contributed by atoms with Crippen molar-refractivity contribution < 1.29 is 9.84 Å². The molecule has 1 fully saturated rings. The molecular formula is C13H20N4O2. The van der Waals surface area contributed by atoms with E-state index in [1.54, 1.807) is 6.20 Å². The fourth-order valence-electron chi connectivity index (χ4n) is 2.16. The first kappa shape index (κ1) is 13.9. The molecule has 2 rings (SSSR count). The first-order chi connectivity index (χ1) is 9.10. The Kier molecular flexibility index (Phi) is 4.47. The van der Waals surface area contributed by atoms with Gasteiger partial charge in [-0.3, -0.25) is 15.3 Å². The molecule has 0 saturated carbocycles. The number of amidine groups is 1. The van der Waals surface area contributed by atoms with E-state index in [1.807, 2.05) is 12.1 Å². The fourth-order valence-corrected chi connectivity index (χ4v) is 2.16. The van der Waals surface area contributed by atoms with Gasteiger partial charge < -0.3 is 15.6 Å². The highest BCUT2D eigenvalue weighted by molar-refractivity contribution is 5.93. The fraction of sp³-hybridized carbons (Fsp3) is 0.538. The lowest BCUT2D eigenvalue weighted by Crippen LogP contribution is -2.48. The number of rotatable bonds is 4. The predicted octanol–water partition coefficient (Wildman–Crippen LogP) is -0.0527. The Morgan fingerprint density at radius 3 is 3.16 bits per heavy atom. The van der Waals surface area contributed by atoms with Crippen LogP contribution >= 0.6 is 0 Å². The number of ether oxygens (including phenoxy) is 1. The Bertz CT molecular complexity index is 452. The van der Waals surface area contributed by atoms with Crippen LogP contribution in [-0.4, -0.2) is 52.7 Å². The van der Waals surface area contributed by atoms with Crippen molar-refractivity contribution >= 4 is 5.84 Å². The van der Waals surface area contributed by atoms with E-state index < -0.39 is 0 Å². The molecule has 2 unspecified atom stereocenters. The van der Waals surface area contributed by atoms with Crippen LogP contribution in [0.4, 0.5) is 0 Å². The monoisotopic (exact) mass is 264 g/mol. The molecule has 6 heteroatoms. The van der Waals surface area contributed by atoms with Gasteiger partial charge in [0, 0.05) is 25.3 Å². The van der Waals surface area contributed by atoms with E-state index >= 15 is 0 Å². The van der Waals surface area contributed by atoms with Crippen LogP contribution in [0.25, 0.3) is 0 Å². The van der Waals surface area contributed by atoms with Gasteiger partial charge >= 0.3 is 0 Å². The molecule has 1 saturated heterocycles. The molecular weight excluding hydrogens is 244 g/mol. The lowest BCUT2D eigenvalue weighted by Gasteiger charge is -2.37. The largest absolute Gasteiger partial charge is 0.394 e. The van der Waals surface area contributed by atoms with Gasteiger partial charge in [-0.1, -0.05) is 0 Å². The summed E-state index contributed by atoms with van der Waals surface area (Å²) in [4.78, 5) is 6.30. The van der Waals surface area contributed by atoms with Gasteiger partial charge in [-0.05, 0) is 24.6 Å². The lowest BCUT2D eigenvalue weighted by molar-refractivity contribution is -0.0805. The minimum absolute atomic E-state index is 0.0230. The van der Waals surface area contributed by atoms with E-state index in [-0.39, 0.29) is 18.5 Å². The van der Waals surface area contributed by atoms with Gasteiger partial charge in [-0.25, -0.2) is 0 Å². The van der Waals surface area contributed by atoms with Gasteiger partial charge in [-0.15, -0.1) is 0 Å². The first-order valence-electron chi connectivity index (χ1n) is 6.36. The molecule has 0 aromatic carbocycles. The number of aliphatic hydroxyl groups is 1. The van der Waals surface area contributed by atoms with E-state index in [0.29, 0.717) is 24.9 Å². The van der Waals surface area contributed by atoms with E-state index in [9.17, 15) is 5.11 Å². The molecule has 0 radical (unpaired) electrons. The Balaban J connectivity index is 2.06. The summed E-state index contributed by atoms with van der Waals surface area (Å²) >= 11 is 0. The Hall–Kier alpha value is -1.50. The second-order valence-electron chi connectivity index (χ2n) is 4.88. The number of nitrogens with one attached hydrogen (secondary N) is 1. The predicted molar refractivity (Wildman–Crippen MR) is 72.0 cm³/mol. The zero-order valence-electron chi connectivity index (χ0n) is 11.0. The molecule has 104 valence electrons. The summed E-state index contributed by atoms with van der Waals surface area (Å²) < 4.78 is 5.51. The lowest BCUT2D eigenvalue weighted by atomic mass is 10.1. The minimum atomic E-state index is -0.120. The quantitative estimate of drug-likeness (QED) is 0.523. The number of nitrogens with two attached hydrogens (primary N) is 1. The average Bonchev–Trinajstić information content (AvgIpc) is 2.41. The van der Waals surface area contributed by atoms with Crippen LogP contribution in [0.5, 0.6) is 0 Å². The van der Waals surface area contributed by atoms with Gasteiger partial charge in [0.25, 0.3) is 0 Å². The van der Waals surface area contributed by atoms with Crippen LogP contribution in [0.1, 0.15) is 18.2 Å². The highest BCUT2D eigenvalue weighted by Crippen LogP contribution is 2.15. The molecule has 19 heavy (non-hydrogen) atoms. The third-order valence-corrected chi connectivity index (χ3v) is 3.32. The smallest absolute Gasteiger partial charge is 0.141 e. The molecule has 1 aliphatic rings. The Morgan fingerprint density at radius 1 is 1.68 bits per heavy atom. The molecule has 2 heterocycles. The van der Waals surface area contributed by atoms with Crippen molar-refractivity contribution in [2.75, 3.05) is 19.8 Å². The summed E-state index contributed by atoms with van der Waals surface area (Å²) in [5, 5.41) is 16.6. The first-order valence-corrected chi connectivity index (χ1v) is 6.36. The zero-order valence-corrected chi connectivity index (χ0v) is 11.0. The van der Waals surface area contributed by atoms with Crippen LogP contribution in [0.15, 0.2) is 18.3 Å². The number of aromatic nitrogens is 1. The topological polar surface area (TPSA) is 95.5 Å². The number of nitrogen functional groups attached to an aromatic ring is 1. The van der Waals surface area contributed by atoms with E-state index in [0.717, 1.165) is 12.1 Å². The molecule has 1 aromatic rings. The maximum Gasteiger partial charge on any atom is 0.141 e. The number of aliphatic hydroxyl groups excluding tert-OH is 1. The molecule has 0 amide bonds. The summed E-state index contributed by atoms with van der Waals surface area (Å²) in [7, 11) is 0. The van der Waals surface area contributed by atoms with Gasteiger partial charge in [0.05, 0.1) is 19.3 Å². The SMILES string of the molecule is CC1COC(CO)CN1Cc1ccnc(C(=N)N)c1. The number of nitrogens with zero attached hydrogens (tertiary/aromatic N) is 2. The van der Waals surface area contributed by atoms with Crippen molar-refractivity contribution in [1.29, 1.82) is 5.41 Å². The van der Waals surface area contributed by atoms with Crippen LogP contribution in [0.3, 0.4) is 0 Å². The van der Waals surface area contributed by atoms with Crippen LogP contribution in [0.2, 0.25) is 0 Å². The van der Waals surface area contributed by atoms with Crippen LogP contribution in [0, 0.1) is 5.41 Å². The molecule has 0 aliphatic carbocycles. The zero-order chi connectivity index (χ0) is 13.8. The normalized spacial score (nSPS) is 24.3. The van der Waals surface area contributed by atoms with Crippen molar-refractivity contribution in [1.82, 2.24) is 9.88 Å². The third-order valence-electron chi connectivity index (χ3n) is 3.32. The van der Waals surface area contributed by atoms with Crippen LogP contribution in [-0.2, 0) is 11.3 Å². The van der Waals surface area contributed by atoms with E-state index in [4.69, 9.17) is 15.9 Å². The van der Waals surface area contributed by atoms with E-state index in [1.165, 1.54) is 0 Å².